The van der Waals surface area contributed by atoms with Gasteiger partial charge in [0.15, 0.2) is 18.6 Å². The van der Waals surface area contributed by atoms with Crippen LogP contribution in [0.4, 0.5) is 0 Å². The quantitative estimate of drug-likeness (QED) is 0.121. The van der Waals surface area contributed by atoms with Gasteiger partial charge in [-0.1, -0.05) is 167 Å². The second kappa shape index (κ2) is 25.3. The molecule has 5 aliphatic carbocycles. The Balaban J connectivity index is 0.000000132. The largest absolute Gasteiger partial charge is 0.213 e. The minimum absolute atomic E-state index is 0.219. The first-order valence-corrected chi connectivity index (χ1v) is 30.5. The molecule has 81 heavy (non-hydrogen) atoms. The van der Waals surface area contributed by atoms with Gasteiger partial charge in [0.2, 0.25) is 17.1 Å². The monoisotopic (exact) mass is 1070 g/mol. The minimum Gasteiger partial charge on any atom is -0.201 e. The van der Waals surface area contributed by atoms with E-state index in [1.165, 1.54) is 142 Å². The molecule has 3 heterocycles. The summed E-state index contributed by atoms with van der Waals surface area (Å²) in [7, 11) is 6.30. The van der Waals surface area contributed by atoms with Gasteiger partial charge < -0.3 is 0 Å². The van der Waals surface area contributed by atoms with Crippen molar-refractivity contribution < 1.29 is 17.8 Å². The first-order chi connectivity index (χ1) is 40.5. The normalized spacial score (nSPS) is 22.6. The molecule has 0 spiro atoms. The lowest BCUT2D eigenvalue weighted by atomic mass is 9.69. The third-order valence-electron chi connectivity index (χ3n) is 19.0. The Labute approximate surface area is 490 Å². The Bertz CT molecular complexity index is 3700. The molecule has 412 valence electrons. The molecule has 3 nitrogen and oxygen atoms in total. The molecule has 2 unspecified atom stereocenters. The van der Waals surface area contributed by atoms with E-state index in [0.29, 0.717) is 11.8 Å². The maximum atomic E-state index is 8.92. The van der Waals surface area contributed by atoms with E-state index in [0.717, 1.165) is 47.3 Å². The summed E-state index contributed by atoms with van der Waals surface area (Å²) in [6.45, 7) is 11.2. The molecule has 2 bridgehead atoms. The maximum absolute atomic E-state index is 8.92. The van der Waals surface area contributed by atoms with Crippen LogP contribution in [0.1, 0.15) is 134 Å². The summed E-state index contributed by atoms with van der Waals surface area (Å²) >= 11 is 0. The van der Waals surface area contributed by atoms with E-state index in [4.69, 9.17) is 4.11 Å². The van der Waals surface area contributed by atoms with Crippen molar-refractivity contribution in [1.29, 1.82) is 0 Å². The first-order valence-electron chi connectivity index (χ1n) is 32.0. The fourth-order valence-corrected chi connectivity index (χ4v) is 13.6. The summed E-state index contributed by atoms with van der Waals surface area (Å²) in [4.78, 5) is 0. The van der Waals surface area contributed by atoms with Crippen molar-refractivity contribution in [3.05, 3.63) is 234 Å². The van der Waals surface area contributed by atoms with Crippen LogP contribution in [0.15, 0.2) is 201 Å². The second-order valence-corrected chi connectivity index (χ2v) is 24.7. The van der Waals surface area contributed by atoms with E-state index >= 15 is 0 Å². The van der Waals surface area contributed by atoms with Crippen LogP contribution in [0.5, 0.6) is 0 Å². The van der Waals surface area contributed by atoms with Crippen molar-refractivity contribution >= 4 is 0 Å². The topological polar surface area (TPSA) is 11.6 Å². The highest BCUT2D eigenvalue weighted by atomic mass is 14.9. The molecule has 0 aliphatic heterocycles. The summed E-state index contributed by atoms with van der Waals surface area (Å²) in [5.41, 5.74) is 22.2. The molecular weight excluding hydrogens is 979 g/mol. The summed E-state index contributed by atoms with van der Waals surface area (Å²) in [5, 5.41) is 0. The lowest BCUT2D eigenvalue weighted by Crippen LogP contribution is -2.30. The Hall–Kier alpha value is -7.23. The van der Waals surface area contributed by atoms with Gasteiger partial charge in [-0.05, 0) is 198 Å². The van der Waals surface area contributed by atoms with Crippen molar-refractivity contribution in [2.75, 3.05) is 0 Å². The van der Waals surface area contributed by atoms with E-state index < -0.39 is 12.3 Å². The highest BCUT2D eigenvalue weighted by molar-refractivity contribution is 5.73. The number of rotatable bonds is 10. The Morgan fingerprint density at radius 2 is 0.753 bits per heavy atom. The minimum atomic E-state index is -1.21. The van der Waals surface area contributed by atoms with Crippen molar-refractivity contribution in [2.24, 2.45) is 50.7 Å². The molecule has 0 saturated heterocycles. The molecular formula is C78H88N3+3. The zero-order chi connectivity index (χ0) is 58.7. The van der Waals surface area contributed by atoms with Crippen LogP contribution < -0.4 is 13.7 Å². The van der Waals surface area contributed by atoms with Crippen LogP contribution in [0.3, 0.4) is 0 Å². The van der Waals surface area contributed by atoms with Gasteiger partial charge in [-0.25, -0.2) is 13.7 Å². The molecule has 2 atom stereocenters. The SMILES string of the molecule is Cc1ccccc1-c1cc(-c2ccc(C3CCC(C)CC3)cc2)cc[n+]1C.[2H]C([2H])(c1ccc(-c2cc[n+](C)c(-c3ccccc3C)c2)cc1)C1C2CCC1C2.[2H]C1(c2ccc(-c3cc[n+](C)c(-c4ccccc4C)c3)cc2)CCC(C)CC1. The Morgan fingerprint density at radius 1 is 0.395 bits per heavy atom. The number of hydrogen-bond acceptors (Lipinski definition) is 0. The van der Waals surface area contributed by atoms with Gasteiger partial charge >= 0.3 is 0 Å². The lowest BCUT2D eigenvalue weighted by molar-refractivity contribution is -0.660. The Kier molecular flexibility index (Phi) is 16.2. The second-order valence-electron chi connectivity index (χ2n) is 24.7. The van der Waals surface area contributed by atoms with E-state index in [1.54, 1.807) is 0 Å². The number of pyridine rings is 3. The summed E-state index contributed by atoms with van der Waals surface area (Å²) in [6.07, 6.45) is 18.6. The van der Waals surface area contributed by atoms with Gasteiger partial charge in [-0.2, -0.15) is 0 Å². The molecule has 0 amide bonds. The third kappa shape index (κ3) is 12.9. The van der Waals surface area contributed by atoms with Gasteiger partial charge in [0, 0.05) is 57.2 Å². The average molecular weight is 1070 g/mol. The van der Waals surface area contributed by atoms with Gasteiger partial charge in [-0.15, -0.1) is 0 Å². The molecule has 0 radical (unpaired) electrons. The molecule has 3 aromatic heterocycles. The molecule has 14 rings (SSSR count). The van der Waals surface area contributed by atoms with Crippen molar-refractivity contribution in [3.8, 4) is 67.2 Å². The van der Waals surface area contributed by atoms with Crippen molar-refractivity contribution in [1.82, 2.24) is 0 Å². The van der Waals surface area contributed by atoms with Gasteiger partial charge in [-0.3, -0.25) is 0 Å². The van der Waals surface area contributed by atoms with Crippen LogP contribution in [-0.2, 0) is 27.5 Å². The maximum Gasteiger partial charge on any atom is 0.213 e. The van der Waals surface area contributed by atoms with Crippen LogP contribution in [0.2, 0.25) is 0 Å². The number of hydrogen-bond donors (Lipinski definition) is 0. The molecule has 0 N–H and O–H groups in total. The smallest absolute Gasteiger partial charge is 0.201 e. The molecule has 3 heteroatoms. The molecule has 6 aromatic carbocycles. The number of aryl methyl sites for hydroxylation is 6. The number of nitrogens with zero attached hydrogens (tertiary/aromatic N) is 3. The number of aromatic nitrogens is 3. The van der Waals surface area contributed by atoms with E-state index in [2.05, 4.69) is 258 Å². The zero-order valence-corrected chi connectivity index (χ0v) is 49.6. The summed E-state index contributed by atoms with van der Waals surface area (Å²) in [5.74, 6) is 3.44. The van der Waals surface area contributed by atoms with Gasteiger partial charge in [0.05, 0.1) is 0 Å². The standard InChI is InChI=1S/C26H28N.2C26H30N/c1-18-5-3-4-6-24(18)26-17-21(13-14-27(26)2)20-9-7-19(8-10-20)15-25-22-11-12-23(25)16-22;2*1-19-8-10-21(11-9-19)22-12-14-23(15-13-22)24-16-17-27(3)26(18-24)25-7-5-4-6-20(25)2/h3-10,13-14,17,22-23,25H,11-12,15-16H2,1-2H3;2*4-7,12-19,21H,8-11H2,1-3H3/q3*+1/i15D2;21D;. The predicted octanol–water partition coefficient (Wildman–Crippen LogP) is 18.6. The zero-order valence-electron chi connectivity index (χ0n) is 52.6. The van der Waals surface area contributed by atoms with Crippen LogP contribution in [0, 0.1) is 50.4 Å². The highest BCUT2D eigenvalue weighted by Gasteiger charge is 2.46. The summed E-state index contributed by atoms with van der Waals surface area (Å²) in [6, 6.07) is 65.3. The molecule has 5 fully saturated rings. The lowest BCUT2D eigenvalue weighted by Gasteiger charge is -2.36. The van der Waals surface area contributed by atoms with Crippen LogP contribution in [0.25, 0.3) is 67.2 Å². The molecule has 5 aliphatic rings. The van der Waals surface area contributed by atoms with Crippen molar-refractivity contribution in [3.63, 3.8) is 0 Å². The molecule has 9 aromatic rings. The molecule has 5 saturated carbocycles. The fraction of sp³-hybridized carbons (Fsp3) is 0.346. The van der Waals surface area contributed by atoms with E-state index in [-0.39, 0.29) is 5.92 Å². The van der Waals surface area contributed by atoms with Crippen molar-refractivity contribution in [2.45, 2.75) is 123 Å². The number of fused-ring (bicyclic) bond motifs is 1. The fourth-order valence-electron chi connectivity index (χ4n) is 13.6. The highest BCUT2D eigenvalue weighted by Crippen LogP contribution is 2.54. The van der Waals surface area contributed by atoms with E-state index in [9.17, 15) is 0 Å². The van der Waals surface area contributed by atoms with Gasteiger partial charge in [0.1, 0.15) is 21.1 Å². The predicted molar refractivity (Wildman–Crippen MR) is 338 cm³/mol. The van der Waals surface area contributed by atoms with Gasteiger partial charge in [0.25, 0.3) is 0 Å². The van der Waals surface area contributed by atoms with Crippen LogP contribution >= 0.6 is 0 Å². The third-order valence-corrected chi connectivity index (χ3v) is 19.0. The summed E-state index contributed by atoms with van der Waals surface area (Å²) < 4.78 is 33.0. The van der Waals surface area contributed by atoms with Crippen LogP contribution in [-0.4, -0.2) is 0 Å². The number of benzene rings is 6. The first kappa shape index (κ1) is 51.9. The Morgan fingerprint density at radius 3 is 1.14 bits per heavy atom. The average Bonchev–Trinajstić information content (AvgIpc) is 1.98. The van der Waals surface area contributed by atoms with E-state index in [1.807, 2.05) is 12.1 Å².